The topological polar surface area (TPSA) is 41.1 Å². The molecule has 0 spiro atoms. The number of alkyl halides is 3. The molecule has 3 fully saturated rings. The maximum Gasteiger partial charge on any atom is 0.416 e. The van der Waals surface area contributed by atoms with Crippen molar-refractivity contribution in [3.8, 4) is 0 Å². The van der Waals surface area contributed by atoms with Gasteiger partial charge in [-0.15, -0.1) is 0 Å². The Balaban J connectivity index is 1.52. The molecular formula is C15H17F3N2O. The highest BCUT2D eigenvalue weighted by Crippen LogP contribution is 2.66. The van der Waals surface area contributed by atoms with E-state index in [1.54, 1.807) is 6.07 Å². The third kappa shape index (κ3) is 2.71. The highest BCUT2D eigenvalue weighted by molar-refractivity contribution is 5.75. The summed E-state index contributed by atoms with van der Waals surface area (Å²) in [5.74, 6) is 0. The van der Waals surface area contributed by atoms with E-state index >= 15 is 0 Å². The normalized spacial score (nSPS) is 30.1. The van der Waals surface area contributed by atoms with Crippen molar-refractivity contribution in [3.63, 3.8) is 0 Å². The predicted molar refractivity (Wildman–Crippen MR) is 71.5 cm³/mol. The maximum atomic E-state index is 12.6. The number of carbonyl (C=O) groups is 1. The lowest BCUT2D eigenvalue weighted by Gasteiger charge is -2.69. The van der Waals surface area contributed by atoms with Crippen LogP contribution in [0.5, 0.6) is 0 Å². The minimum Gasteiger partial charge on any atom is -0.334 e. The fourth-order valence-corrected chi connectivity index (χ4v) is 3.75. The fourth-order valence-electron chi connectivity index (χ4n) is 3.75. The molecule has 21 heavy (non-hydrogen) atoms. The highest BCUT2D eigenvalue weighted by Gasteiger charge is 2.65. The van der Waals surface area contributed by atoms with Gasteiger partial charge in [-0.05, 0) is 42.4 Å². The molecule has 0 radical (unpaired) electrons. The summed E-state index contributed by atoms with van der Waals surface area (Å²) in [5.41, 5.74) is 0.0696. The number of amides is 2. The van der Waals surface area contributed by atoms with Gasteiger partial charge in [-0.3, -0.25) is 0 Å². The summed E-state index contributed by atoms with van der Waals surface area (Å²) in [7, 11) is 0. The van der Waals surface area contributed by atoms with E-state index in [1.165, 1.54) is 6.07 Å². The minimum absolute atomic E-state index is 0.0628. The molecule has 1 aromatic carbocycles. The first kappa shape index (κ1) is 14.2. The van der Waals surface area contributed by atoms with Crippen molar-refractivity contribution >= 4 is 6.03 Å². The van der Waals surface area contributed by atoms with Crippen LogP contribution < -0.4 is 10.6 Å². The molecule has 2 amide bonds. The first-order chi connectivity index (χ1) is 9.70. The third-order valence-corrected chi connectivity index (χ3v) is 4.38. The Morgan fingerprint density at radius 3 is 2.52 bits per heavy atom. The van der Waals surface area contributed by atoms with Crippen LogP contribution in [-0.2, 0) is 12.7 Å². The molecule has 0 atom stereocenters. The Hall–Kier alpha value is -1.72. The van der Waals surface area contributed by atoms with Gasteiger partial charge in [0.15, 0.2) is 0 Å². The first-order valence-electron chi connectivity index (χ1n) is 6.92. The van der Waals surface area contributed by atoms with Crippen molar-refractivity contribution in [2.75, 3.05) is 0 Å². The lowest BCUT2D eigenvalue weighted by molar-refractivity contribution is -0.137. The van der Waals surface area contributed by atoms with Gasteiger partial charge in [0.25, 0.3) is 0 Å². The Labute approximate surface area is 120 Å². The van der Waals surface area contributed by atoms with Crippen molar-refractivity contribution in [3.05, 3.63) is 35.4 Å². The molecule has 0 unspecified atom stereocenters. The molecule has 0 saturated heterocycles. The van der Waals surface area contributed by atoms with Gasteiger partial charge in [0.1, 0.15) is 0 Å². The van der Waals surface area contributed by atoms with Gasteiger partial charge < -0.3 is 10.6 Å². The van der Waals surface area contributed by atoms with Crippen LogP contribution in [0.25, 0.3) is 0 Å². The highest BCUT2D eigenvalue weighted by atomic mass is 19.4. The predicted octanol–water partition coefficient (Wildman–Crippen LogP) is 3.45. The lowest BCUT2D eigenvalue weighted by atomic mass is 9.40. The first-order valence-corrected chi connectivity index (χ1v) is 6.92. The van der Waals surface area contributed by atoms with Gasteiger partial charge in [0.05, 0.1) is 5.56 Å². The number of hydrogen-bond acceptors (Lipinski definition) is 1. The molecule has 0 aromatic heterocycles. The van der Waals surface area contributed by atoms with Gasteiger partial charge in [-0.25, -0.2) is 4.79 Å². The zero-order chi connectivity index (χ0) is 15.3. The number of urea groups is 1. The van der Waals surface area contributed by atoms with E-state index < -0.39 is 11.7 Å². The molecule has 2 bridgehead atoms. The third-order valence-electron chi connectivity index (χ3n) is 4.38. The molecule has 3 aliphatic rings. The Morgan fingerprint density at radius 1 is 1.29 bits per heavy atom. The summed E-state index contributed by atoms with van der Waals surface area (Å²) < 4.78 is 37.8. The van der Waals surface area contributed by atoms with Gasteiger partial charge in [-0.2, -0.15) is 13.2 Å². The summed E-state index contributed by atoms with van der Waals surface area (Å²) in [6, 6.07) is 4.68. The van der Waals surface area contributed by atoms with Crippen molar-refractivity contribution in [2.45, 2.75) is 44.4 Å². The van der Waals surface area contributed by atoms with Crippen LogP contribution in [0.3, 0.4) is 0 Å². The van der Waals surface area contributed by atoms with E-state index in [4.69, 9.17) is 0 Å². The van der Waals surface area contributed by atoms with Gasteiger partial charge >= 0.3 is 12.2 Å². The molecule has 2 N–H and O–H groups in total. The molecular weight excluding hydrogens is 281 g/mol. The number of hydrogen-bond donors (Lipinski definition) is 2. The second-order valence-corrected chi connectivity index (χ2v) is 6.63. The Bertz CT molecular complexity index is 563. The summed E-state index contributed by atoms with van der Waals surface area (Å²) in [6.45, 7) is 2.28. The van der Waals surface area contributed by atoms with Crippen LogP contribution >= 0.6 is 0 Å². The average Bonchev–Trinajstić information content (AvgIpc) is 2.32. The molecule has 114 valence electrons. The zero-order valence-corrected chi connectivity index (χ0v) is 11.7. The van der Waals surface area contributed by atoms with Crippen molar-refractivity contribution in [1.82, 2.24) is 10.6 Å². The van der Waals surface area contributed by atoms with Crippen molar-refractivity contribution < 1.29 is 18.0 Å². The average molecular weight is 298 g/mol. The molecule has 4 rings (SSSR count). The van der Waals surface area contributed by atoms with E-state index in [-0.39, 0.29) is 18.1 Å². The van der Waals surface area contributed by atoms with E-state index in [2.05, 4.69) is 17.6 Å². The van der Waals surface area contributed by atoms with Crippen LogP contribution in [0.2, 0.25) is 0 Å². The molecule has 0 heterocycles. The number of carbonyl (C=O) groups excluding carboxylic acids is 1. The summed E-state index contributed by atoms with van der Waals surface area (Å²) in [4.78, 5) is 11.8. The maximum absolute atomic E-state index is 12.6. The molecule has 6 heteroatoms. The Morgan fingerprint density at radius 2 is 1.95 bits per heavy atom. The van der Waals surface area contributed by atoms with Gasteiger partial charge in [-0.1, -0.05) is 19.1 Å². The molecule has 0 aliphatic heterocycles. The standard InChI is InChI=1S/C15H17F3N2O/c1-13-7-14(8-13,9-13)20-12(21)19-6-10-3-2-4-11(5-10)15(16,17)18/h2-5H,6-9H2,1H3,(H2,19,20,21). The monoisotopic (exact) mass is 298 g/mol. The van der Waals surface area contributed by atoms with Crippen LogP contribution in [0, 0.1) is 5.41 Å². The van der Waals surface area contributed by atoms with Crippen LogP contribution in [-0.4, -0.2) is 11.6 Å². The largest absolute Gasteiger partial charge is 0.416 e. The molecule has 1 aromatic rings. The van der Waals surface area contributed by atoms with Gasteiger partial charge in [0.2, 0.25) is 0 Å². The van der Waals surface area contributed by atoms with E-state index in [1.807, 2.05) is 0 Å². The number of benzene rings is 1. The van der Waals surface area contributed by atoms with E-state index in [9.17, 15) is 18.0 Å². The number of rotatable bonds is 3. The lowest BCUT2D eigenvalue weighted by Crippen LogP contribution is -2.74. The Kier molecular flexibility index (Phi) is 2.97. The summed E-state index contributed by atoms with van der Waals surface area (Å²) in [6.07, 6.45) is -1.37. The second-order valence-electron chi connectivity index (χ2n) is 6.63. The summed E-state index contributed by atoms with van der Waals surface area (Å²) in [5, 5.41) is 5.55. The summed E-state index contributed by atoms with van der Waals surface area (Å²) >= 11 is 0. The van der Waals surface area contributed by atoms with Crippen LogP contribution in [0.15, 0.2) is 24.3 Å². The smallest absolute Gasteiger partial charge is 0.334 e. The van der Waals surface area contributed by atoms with Crippen LogP contribution in [0.1, 0.15) is 37.3 Å². The molecule has 3 saturated carbocycles. The van der Waals surface area contributed by atoms with Crippen molar-refractivity contribution in [2.24, 2.45) is 5.41 Å². The molecule has 3 nitrogen and oxygen atoms in total. The number of halogens is 3. The SMILES string of the molecule is CC12CC(NC(=O)NCc3cccc(C(F)(F)F)c3)(C1)C2. The minimum atomic E-state index is -4.36. The van der Waals surface area contributed by atoms with Crippen LogP contribution in [0.4, 0.5) is 18.0 Å². The zero-order valence-electron chi connectivity index (χ0n) is 11.7. The quantitative estimate of drug-likeness (QED) is 0.881. The van der Waals surface area contributed by atoms with Crippen molar-refractivity contribution in [1.29, 1.82) is 0 Å². The van der Waals surface area contributed by atoms with E-state index in [0.29, 0.717) is 11.0 Å². The number of nitrogens with one attached hydrogen (secondary N) is 2. The van der Waals surface area contributed by atoms with Gasteiger partial charge in [0, 0.05) is 12.1 Å². The second kappa shape index (κ2) is 4.39. The van der Waals surface area contributed by atoms with E-state index in [0.717, 1.165) is 31.4 Å². The fraction of sp³-hybridized carbons (Fsp3) is 0.533. The molecule has 3 aliphatic carbocycles.